The molecular weight excluding hydrogens is 196 g/mol. The molecule has 1 aromatic carbocycles. The van der Waals surface area contributed by atoms with Gasteiger partial charge in [-0.15, -0.1) is 0 Å². The summed E-state index contributed by atoms with van der Waals surface area (Å²) >= 11 is 0. The van der Waals surface area contributed by atoms with Gasteiger partial charge < -0.3 is 5.32 Å². The molecule has 0 saturated carbocycles. The minimum absolute atomic E-state index is 0.0380. The number of nitro groups is 1. The normalized spacial score (nSPS) is 10.0. The SMILES string of the molecule is CNCC(=O)c1ccc([N+](=O)[O-])c(C)c1. The van der Waals surface area contributed by atoms with Crippen LogP contribution in [-0.2, 0) is 0 Å². The zero-order valence-corrected chi connectivity index (χ0v) is 8.61. The maximum atomic E-state index is 11.4. The Morgan fingerprint density at radius 2 is 2.20 bits per heavy atom. The minimum atomic E-state index is -0.457. The second-order valence-corrected chi connectivity index (χ2v) is 3.21. The Kier molecular flexibility index (Phi) is 3.51. The number of nitrogens with zero attached hydrogens (tertiary/aromatic N) is 1. The summed E-state index contributed by atoms with van der Waals surface area (Å²) in [5.74, 6) is -0.0736. The van der Waals surface area contributed by atoms with Crippen LogP contribution >= 0.6 is 0 Å². The van der Waals surface area contributed by atoms with Gasteiger partial charge in [0.2, 0.25) is 0 Å². The molecule has 5 heteroatoms. The molecule has 80 valence electrons. The lowest BCUT2D eigenvalue weighted by molar-refractivity contribution is -0.385. The van der Waals surface area contributed by atoms with Crippen LogP contribution in [0, 0.1) is 17.0 Å². The number of hydrogen-bond acceptors (Lipinski definition) is 4. The number of nitro benzene ring substituents is 1. The summed E-state index contributed by atoms with van der Waals surface area (Å²) < 4.78 is 0. The van der Waals surface area contributed by atoms with Gasteiger partial charge in [0.15, 0.2) is 5.78 Å². The van der Waals surface area contributed by atoms with Gasteiger partial charge in [-0.3, -0.25) is 14.9 Å². The fraction of sp³-hybridized carbons (Fsp3) is 0.300. The first kappa shape index (κ1) is 11.3. The van der Waals surface area contributed by atoms with E-state index in [1.807, 2.05) is 0 Å². The van der Waals surface area contributed by atoms with E-state index in [1.54, 1.807) is 14.0 Å². The summed E-state index contributed by atoms with van der Waals surface area (Å²) in [5.41, 5.74) is 1.03. The molecule has 0 fully saturated rings. The van der Waals surface area contributed by atoms with Gasteiger partial charge in [-0.1, -0.05) is 0 Å². The zero-order valence-electron chi connectivity index (χ0n) is 8.61. The van der Waals surface area contributed by atoms with Gasteiger partial charge in [0.25, 0.3) is 5.69 Å². The van der Waals surface area contributed by atoms with Crippen molar-refractivity contribution in [3.8, 4) is 0 Å². The van der Waals surface area contributed by atoms with Crippen LogP contribution in [0.5, 0.6) is 0 Å². The number of likely N-dealkylation sites (N-methyl/N-ethyl adjacent to an activating group) is 1. The van der Waals surface area contributed by atoms with E-state index in [2.05, 4.69) is 5.32 Å². The first-order valence-corrected chi connectivity index (χ1v) is 4.49. The Morgan fingerprint density at radius 1 is 1.53 bits per heavy atom. The Balaban J connectivity index is 3.01. The van der Waals surface area contributed by atoms with Gasteiger partial charge in [0, 0.05) is 17.2 Å². The molecular formula is C10H12N2O3. The summed E-state index contributed by atoms with van der Waals surface area (Å²) in [6.45, 7) is 1.85. The van der Waals surface area contributed by atoms with E-state index >= 15 is 0 Å². The lowest BCUT2D eigenvalue weighted by Gasteiger charge is -2.02. The van der Waals surface area contributed by atoms with Gasteiger partial charge in [-0.25, -0.2) is 0 Å². The third-order valence-electron chi connectivity index (χ3n) is 2.05. The predicted octanol–water partition coefficient (Wildman–Crippen LogP) is 1.31. The number of benzene rings is 1. The maximum absolute atomic E-state index is 11.4. The average molecular weight is 208 g/mol. The molecule has 0 aromatic heterocycles. The fourth-order valence-electron chi connectivity index (χ4n) is 1.30. The Morgan fingerprint density at radius 3 is 2.67 bits per heavy atom. The summed E-state index contributed by atoms with van der Waals surface area (Å²) in [4.78, 5) is 21.5. The molecule has 0 aliphatic rings. The van der Waals surface area contributed by atoms with Crippen molar-refractivity contribution in [1.29, 1.82) is 0 Å². The lowest BCUT2D eigenvalue weighted by Crippen LogP contribution is -2.18. The van der Waals surface area contributed by atoms with Crippen molar-refractivity contribution in [2.24, 2.45) is 0 Å². The van der Waals surface area contributed by atoms with Crippen LogP contribution in [0.15, 0.2) is 18.2 Å². The Hall–Kier alpha value is -1.75. The van der Waals surface area contributed by atoms with Crippen molar-refractivity contribution in [2.75, 3.05) is 13.6 Å². The molecule has 1 N–H and O–H groups in total. The van der Waals surface area contributed by atoms with Crippen molar-refractivity contribution < 1.29 is 9.72 Å². The van der Waals surface area contributed by atoms with Crippen LogP contribution in [0.3, 0.4) is 0 Å². The lowest BCUT2D eigenvalue weighted by atomic mass is 10.1. The van der Waals surface area contributed by atoms with Crippen LogP contribution in [-0.4, -0.2) is 24.3 Å². The number of Topliss-reactive ketones (excluding diaryl/α,β-unsaturated/α-hetero) is 1. The maximum Gasteiger partial charge on any atom is 0.272 e. The molecule has 0 aliphatic heterocycles. The number of nitrogens with one attached hydrogen (secondary N) is 1. The first-order valence-electron chi connectivity index (χ1n) is 4.49. The Bertz CT molecular complexity index is 402. The summed E-state index contributed by atoms with van der Waals surface area (Å²) in [5, 5.41) is 13.3. The second-order valence-electron chi connectivity index (χ2n) is 3.21. The molecule has 1 rings (SSSR count). The summed E-state index contributed by atoms with van der Waals surface area (Å²) in [6, 6.07) is 4.38. The third-order valence-corrected chi connectivity index (χ3v) is 2.05. The molecule has 0 unspecified atom stereocenters. The van der Waals surface area contributed by atoms with Gasteiger partial charge in [-0.05, 0) is 26.1 Å². The monoisotopic (exact) mass is 208 g/mol. The molecule has 0 aliphatic carbocycles. The smallest absolute Gasteiger partial charge is 0.272 e. The van der Waals surface area contributed by atoms with Crippen LogP contribution in [0.4, 0.5) is 5.69 Å². The standard InChI is InChI=1S/C10H12N2O3/c1-7-5-8(10(13)6-11-2)3-4-9(7)12(14)15/h3-5,11H,6H2,1-2H3. The number of ketones is 1. The van der Waals surface area contributed by atoms with Crippen molar-refractivity contribution in [1.82, 2.24) is 5.32 Å². The van der Waals surface area contributed by atoms with Crippen molar-refractivity contribution in [3.05, 3.63) is 39.4 Å². The molecule has 0 atom stereocenters. The number of carbonyl (C=O) groups is 1. The largest absolute Gasteiger partial charge is 0.313 e. The number of rotatable bonds is 4. The van der Waals surface area contributed by atoms with E-state index < -0.39 is 4.92 Å². The van der Waals surface area contributed by atoms with Gasteiger partial charge in [0.1, 0.15) is 0 Å². The second kappa shape index (κ2) is 4.65. The predicted molar refractivity (Wildman–Crippen MR) is 56.1 cm³/mol. The number of carbonyl (C=O) groups excluding carboxylic acids is 1. The molecule has 0 saturated heterocycles. The van der Waals surface area contributed by atoms with E-state index in [4.69, 9.17) is 0 Å². The fourth-order valence-corrected chi connectivity index (χ4v) is 1.30. The van der Waals surface area contributed by atoms with Gasteiger partial charge in [0.05, 0.1) is 11.5 Å². The van der Waals surface area contributed by atoms with E-state index in [0.717, 1.165) is 0 Å². The molecule has 0 heterocycles. The van der Waals surface area contributed by atoms with Gasteiger partial charge >= 0.3 is 0 Å². The Labute approximate surface area is 87.3 Å². The highest BCUT2D eigenvalue weighted by Gasteiger charge is 2.12. The average Bonchev–Trinajstić information content (AvgIpc) is 2.17. The quantitative estimate of drug-likeness (QED) is 0.460. The van der Waals surface area contributed by atoms with E-state index in [0.29, 0.717) is 11.1 Å². The molecule has 0 spiro atoms. The highest BCUT2D eigenvalue weighted by atomic mass is 16.6. The topological polar surface area (TPSA) is 72.2 Å². The molecule has 15 heavy (non-hydrogen) atoms. The van der Waals surface area contributed by atoms with Crippen molar-refractivity contribution >= 4 is 11.5 Å². The molecule has 0 amide bonds. The van der Waals surface area contributed by atoms with Crippen LogP contribution in [0.1, 0.15) is 15.9 Å². The first-order chi connectivity index (χ1) is 7.06. The van der Waals surface area contributed by atoms with Gasteiger partial charge in [-0.2, -0.15) is 0 Å². The van der Waals surface area contributed by atoms with Crippen LogP contribution in [0.2, 0.25) is 0 Å². The highest BCUT2D eigenvalue weighted by molar-refractivity contribution is 5.98. The molecule has 1 aromatic rings. The van der Waals surface area contributed by atoms with E-state index in [-0.39, 0.29) is 18.0 Å². The van der Waals surface area contributed by atoms with Crippen molar-refractivity contribution in [3.63, 3.8) is 0 Å². The van der Waals surface area contributed by atoms with E-state index in [9.17, 15) is 14.9 Å². The zero-order chi connectivity index (χ0) is 11.4. The summed E-state index contributed by atoms with van der Waals surface area (Å²) in [6.07, 6.45) is 0. The third kappa shape index (κ3) is 2.60. The van der Waals surface area contributed by atoms with E-state index in [1.165, 1.54) is 18.2 Å². The highest BCUT2D eigenvalue weighted by Crippen LogP contribution is 2.18. The molecule has 0 radical (unpaired) electrons. The van der Waals surface area contributed by atoms with Crippen LogP contribution < -0.4 is 5.32 Å². The number of hydrogen-bond donors (Lipinski definition) is 1. The molecule has 0 bridgehead atoms. The van der Waals surface area contributed by atoms with Crippen LogP contribution in [0.25, 0.3) is 0 Å². The number of aryl methyl sites for hydroxylation is 1. The van der Waals surface area contributed by atoms with Crippen molar-refractivity contribution in [2.45, 2.75) is 6.92 Å². The minimum Gasteiger partial charge on any atom is -0.313 e. The molecule has 5 nitrogen and oxygen atoms in total. The summed E-state index contributed by atoms with van der Waals surface area (Å²) in [7, 11) is 1.68.